The molecule has 0 bridgehead atoms. The molecule has 3 nitrogen and oxygen atoms in total. The Morgan fingerprint density at radius 3 is 2.94 bits per heavy atom. The van der Waals surface area contributed by atoms with Crippen LogP contribution in [0.2, 0.25) is 0 Å². The van der Waals surface area contributed by atoms with E-state index in [-0.39, 0.29) is 23.5 Å². The number of hydrogen-bond acceptors (Lipinski definition) is 3. The lowest BCUT2D eigenvalue weighted by atomic mass is 9.64. The van der Waals surface area contributed by atoms with Gasteiger partial charge in [-0.25, -0.2) is 0 Å². The van der Waals surface area contributed by atoms with Gasteiger partial charge in [-0.3, -0.25) is 4.79 Å². The fourth-order valence-corrected chi connectivity index (χ4v) is 2.53. The third-order valence-corrected chi connectivity index (χ3v) is 4.31. The molecule has 0 radical (unpaired) electrons. The molecule has 1 heterocycles. The third-order valence-electron chi connectivity index (χ3n) is 3.47. The fraction of sp³-hybridized carbons (Fsp3) is 0.462. The summed E-state index contributed by atoms with van der Waals surface area (Å²) in [5.74, 6) is -0.0941. The van der Waals surface area contributed by atoms with Gasteiger partial charge < -0.3 is 10.4 Å². The van der Waals surface area contributed by atoms with Gasteiger partial charge in [0.25, 0.3) is 0 Å². The predicted octanol–water partition coefficient (Wildman–Crippen LogP) is 2.04. The topological polar surface area (TPSA) is 49.3 Å². The number of amides is 1. The van der Waals surface area contributed by atoms with Crippen molar-refractivity contribution in [2.24, 2.45) is 5.41 Å². The van der Waals surface area contributed by atoms with Crippen LogP contribution in [0.25, 0.3) is 6.08 Å². The average Bonchev–Trinajstić information content (AvgIpc) is 2.79. The summed E-state index contributed by atoms with van der Waals surface area (Å²) >= 11 is 1.60. The van der Waals surface area contributed by atoms with Crippen LogP contribution >= 0.6 is 11.3 Å². The van der Waals surface area contributed by atoms with E-state index in [9.17, 15) is 9.90 Å². The lowest BCUT2D eigenvalue weighted by Crippen LogP contribution is -2.60. The number of aliphatic hydroxyl groups is 1. The Hall–Kier alpha value is -1.13. The highest BCUT2D eigenvalue weighted by Gasteiger charge is 2.47. The maximum absolute atomic E-state index is 11.7. The second-order valence-electron chi connectivity index (χ2n) is 4.98. The zero-order valence-corrected chi connectivity index (χ0v) is 10.8. The van der Waals surface area contributed by atoms with E-state index in [1.54, 1.807) is 17.4 Å². The number of carbonyl (C=O) groups is 1. The summed E-state index contributed by atoms with van der Waals surface area (Å²) in [6.07, 6.45) is 3.69. The zero-order valence-electron chi connectivity index (χ0n) is 10.0. The lowest BCUT2D eigenvalue weighted by Gasteiger charge is -2.49. The van der Waals surface area contributed by atoms with Crippen molar-refractivity contribution in [1.29, 1.82) is 0 Å². The molecule has 4 heteroatoms. The van der Waals surface area contributed by atoms with E-state index in [0.29, 0.717) is 6.42 Å². The molecule has 92 valence electrons. The molecule has 0 spiro atoms. The normalized spacial score (nSPS) is 26.8. The number of hydrogen-bond donors (Lipinski definition) is 2. The van der Waals surface area contributed by atoms with E-state index < -0.39 is 0 Å². The van der Waals surface area contributed by atoms with Gasteiger partial charge in [-0.1, -0.05) is 19.9 Å². The predicted molar refractivity (Wildman–Crippen MR) is 69.7 cm³/mol. The summed E-state index contributed by atoms with van der Waals surface area (Å²) in [7, 11) is 0. The summed E-state index contributed by atoms with van der Waals surface area (Å²) in [6.45, 7) is 3.93. The van der Waals surface area contributed by atoms with Crippen molar-refractivity contribution in [3.05, 3.63) is 28.5 Å². The van der Waals surface area contributed by atoms with Gasteiger partial charge in [-0.15, -0.1) is 11.3 Å². The largest absolute Gasteiger partial charge is 0.392 e. The second-order valence-corrected chi connectivity index (χ2v) is 5.96. The van der Waals surface area contributed by atoms with Crippen LogP contribution in [-0.2, 0) is 4.79 Å². The molecule has 1 aliphatic rings. The Balaban J connectivity index is 1.87. The van der Waals surface area contributed by atoms with Gasteiger partial charge >= 0.3 is 0 Å². The maximum atomic E-state index is 11.7. The van der Waals surface area contributed by atoms with Crippen LogP contribution < -0.4 is 5.32 Å². The Kier molecular flexibility index (Phi) is 3.35. The smallest absolute Gasteiger partial charge is 0.244 e. The minimum Gasteiger partial charge on any atom is -0.392 e. The van der Waals surface area contributed by atoms with E-state index in [2.05, 4.69) is 5.32 Å². The number of thiophene rings is 1. The van der Waals surface area contributed by atoms with E-state index in [4.69, 9.17) is 0 Å². The molecular weight excluding hydrogens is 234 g/mol. The van der Waals surface area contributed by atoms with Crippen molar-refractivity contribution in [2.45, 2.75) is 32.4 Å². The minimum atomic E-state index is -0.311. The number of carbonyl (C=O) groups excluding carboxylic acids is 1. The van der Waals surface area contributed by atoms with Gasteiger partial charge in [-0.05, 0) is 23.9 Å². The van der Waals surface area contributed by atoms with Gasteiger partial charge in [0.2, 0.25) is 5.91 Å². The van der Waals surface area contributed by atoms with Crippen molar-refractivity contribution in [3.8, 4) is 0 Å². The molecule has 0 saturated heterocycles. The summed E-state index contributed by atoms with van der Waals surface area (Å²) in [5, 5.41) is 14.5. The van der Waals surface area contributed by atoms with Crippen LogP contribution in [0.15, 0.2) is 23.6 Å². The SMILES string of the molecule is CC1(C)C(O)CC1NC(=O)/C=C/c1cccs1. The minimum absolute atomic E-state index is 0.0676. The van der Waals surface area contributed by atoms with Crippen LogP contribution in [0.5, 0.6) is 0 Å². The highest BCUT2D eigenvalue weighted by Crippen LogP contribution is 2.40. The zero-order chi connectivity index (χ0) is 12.5. The first-order valence-corrected chi connectivity index (χ1v) is 6.58. The molecule has 1 saturated carbocycles. The molecule has 1 aromatic heterocycles. The molecule has 2 unspecified atom stereocenters. The maximum Gasteiger partial charge on any atom is 0.244 e. The molecule has 0 aromatic carbocycles. The molecule has 1 amide bonds. The average molecular weight is 251 g/mol. The molecule has 2 N–H and O–H groups in total. The Bertz CT molecular complexity index is 423. The van der Waals surface area contributed by atoms with Gasteiger partial charge in [0.15, 0.2) is 0 Å². The van der Waals surface area contributed by atoms with Crippen LogP contribution in [0.1, 0.15) is 25.1 Å². The van der Waals surface area contributed by atoms with Gasteiger partial charge in [0.05, 0.1) is 6.10 Å². The molecule has 17 heavy (non-hydrogen) atoms. The first-order valence-electron chi connectivity index (χ1n) is 5.70. The van der Waals surface area contributed by atoms with Gasteiger partial charge in [-0.2, -0.15) is 0 Å². The van der Waals surface area contributed by atoms with Crippen LogP contribution in [0.4, 0.5) is 0 Å². The van der Waals surface area contributed by atoms with Crippen molar-refractivity contribution >= 4 is 23.3 Å². The number of nitrogens with one attached hydrogen (secondary N) is 1. The van der Waals surface area contributed by atoms with E-state index in [1.807, 2.05) is 37.4 Å². The van der Waals surface area contributed by atoms with Crippen molar-refractivity contribution in [3.63, 3.8) is 0 Å². The third kappa shape index (κ3) is 2.58. The van der Waals surface area contributed by atoms with Crippen molar-refractivity contribution in [2.75, 3.05) is 0 Å². The monoisotopic (exact) mass is 251 g/mol. The first-order chi connectivity index (χ1) is 8.00. The number of rotatable bonds is 3. The molecule has 2 rings (SSSR count). The highest BCUT2D eigenvalue weighted by atomic mass is 32.1. The summed E-state index contributed by atoms with van der Waals surface area (Å²) < 4.78 is 0. The molecule has 1 aliphatic carbocycles. The summed E-state index contributed by atoms with van der Waals surface area (Å²) in [6, 6.07) is 3.98. The Morgan fingerprint density at radius 1 is 1.65 bits per heavy atom. The van der Waals surface area contributed by atoms with Crippen LogP contribution in [-0.4, -0.2) is 23.2 Å². The molecule has 1 fully saturated rings. The lowest BCUT2D eigenvalue weighted by molar-refractivity contribution is -0.124. The second kappa shape index (κ2) is 4.63. The summed E-state index contributed by atoms with van der Waals surface area (Å²) in [5.41, 5.74) is -0.216. The van der Waals surface area contributed by atoms with Crippen LogP contribution in [0, 0.1) is 5.41 Å². The van der Waals surface area contributed by atoms with E-state index in [0.717, 1.165) is 4.88 Å². The fourth-order valence-electron chi connectivity index (χ4n) is 1.91. The van der Waals surface area contributed by atoms with Gasteiger partial charge in [0, 0.05) is 22.4 Å². The van der Waals surface area contributed by atoms with E-state index in [1.165, 1.54) is 0 Å². The van der Waals surface area contributed by atoms with Crippen molar-refractivity contribution < 1.29 is 9.90 Å². The molecule has 0 aliphatic heterocycles. The van der Waals surface area contributed by atoms with E-state index >= 15 is 0 Å². The van der Waals surface area contributed by atoms with Gasteiger partial charge in [0.1, 0.15) is 0 Å². The standard InChI is InChI=1S/C13H17NO2S/c1-13(2)10(8-11(13)15)14-12(16)6-5-9-4-3-7-17-9/h3-7,10-11,15H,8H2,1-2H3,(H,14,16)/b6-5+. The molecule has 2 atom stereocenters. The quantitative estimate of drug-likeness (QED) is 0.808. The summed E-state index contributed by atoms with van der Waals surface area (Å²) in [4.78, 5) is 12.7. The first kappa shape index (κ1) is 12.3. The Labute approximate surface area is 105 Å². The molecule has 1 aromatic rings. The van der Waals surface area contributed by atoms with Crippen LogP contribution in [0.3, 0.4) is 0 Å². The Morgan fingerprint density at radius 2 is 2.41 bits per heavy atom. The number of aliphatic hydroxyl groups excluding tert-OH is 1. The highest BCUT2D eigenvalue weighted by molar-refractivity contribution is 7.10. The van der Waals surface area contributed by atoms with Crippen molar-refractivity contribution in [1.82, 2.24) is 5.32 Å². The molecular formula is C13H17NO2S.